The van der Waals surface area contributed by atoms with Gasteiger partial charge >= 0.3 is 0 Å². The summed E-state index contributed by atoms with van der Waals surface area (Å²) in [5.41, 5.74) is 7.44. The highest BCUT2D eigenvalue weighted by molar-refractivity contribution is 6.33. The second-order valence-corrected chi connectivity index (χ2v) is 3.68. The number of aliphatic hydroxyl groups excluding tert-OH is 1. The minimum atomic E-state index is 0.127. The van der Waals surface area contributed by atoms with Gasteiger partial charge in [-0.15, -0.1) is 0 Å². The van der Waals surface area contributed by atoms with Crippen molar-refractivity contribution in [3.63, 3.8) is 0 Å². The predicted octanol–water partition coefficient (Wildman–Crippen LogP) is 1.99. The number of nitrogen functional groups attached to an aromatic ring is 1. The van der Waals surface area contributed by atoms with Crippen molar-refractivity contribution in [3.8, 4) is 0 Å². The van der Waals surface area contributed by atoms with Crippen LogP contribution >= 0.6 is 11.6 Å². The lowest BCUT2D eigenvalue weighted by Crippen LogP contribution is -1.88. The van der Waals surface area contributed by atoms with Gasteiger partial charge in [-0.1, -0.05) is 11.6 Å². The van der Waals surface area contributed by atoms with Crippen LogP contribution < -0.4 is 5.73 Å². The number of fused-ring (bicyclic) bond motifs is 1. The van der Waals surface area contributed by atoms with Crippen LogP contribution in [0.2, 0.25) is 5.02 Å². The Hall–Kier alpha value is -1.26. The summed E-state index contributed by atoms with van der Waals surface area (Å²) >= 11 is 5.85. The summed E-state index contributed by atoms with van der Waals surface area (Å²) in [6.45, 7) is 0.127. The topological polar surface area (TPSA) is 72.3 Å². The lowest BCUT2D eigenvalue weighted by Gasteiger charge is -1.94. The van der Waals surface area contributed by atoms with E-state index in [9.17, 15) is 0 Å². The summed E-state index contributed by atoms with van der Waals surface area (Å²) in [6, 6.07) is 3.34. The highest BCUT2D eigenvalue weighted by atomic mass is 35.5. The number of aryl methyl sites for hydroxylation is 1. The minimum absolute atomic E-state index is 0.127. The number of hydrogen-bond donors (Lipinski definition) is 2. The largest absolute Gasteiger partial charge is 0.441 e. The molecule has 0 bridgehead atoms. The maximum absolute atomic E-state index is 8.68. The van der Waals surface area contributed by atoms with Crippen molar-refractivity contribution < 1.29 is 9.52 Å². The number of rotatable bonds is 3. The van der Waals surface area contributed by atoms with Crippen LogP contribution in [0.3, 0.4) is 0 Å². The van der Waals surface area contributed by atoms with E-state index in [0.29, 0.717) is 40.5 Å². The first-order valence-electron chi connectivity index (χ1n) is 4.66. The molecule has 0 unspecified atom stereocenters. The van der Waals surface area contributed by atoms with E-state index < -0.39 is 0 Å². The fourth-order valence-electron chi connectivity index (χ4n) is 1.35. The van der Waals surface area contributed by atoms with Crippen LogP contribution in [0.25, 0.3) is 11.1 Å². The quantitative estimate of drug-likeness (QED) is 0.785. The monoisotopic (exact) mass is 226 g/mol. The molecule has 0 aliphatic heterocycles. The van der Waals surface area contributed by atoms with E-state index in [1.165, 1.54) is 0 Å². The molecule has 4 nitrogen and oxygen atoms in total. The summed E-state index contributed by atoms with van der Waals surface area (Å²) in [5, 5.41) is 9.16. The second kappa shape index (κ2) is 4.08. The molecule has 0 aliphatic rings. The van der Waals surface area contributed by atoms with Crippen LogP contribution in [-0.2, 0) is 6.42 Å². The van der Waals surface area contributed by atoms with Gasteiger partial charge in [-0.05, 0) is 12.5 Å². The molecule has 5 heteroatoms. The third kappa shape index (κ3) is 2.06. The molecule has 0 fully saturated rings. The van der Waals surface area contributed by atoms with E-state index in [4.69, 9.17) is 26.9 Å². The van der Waals surface area contributed by atoms with Crippen molar-refractivity contribution in [1.82, 2.24) is 4.98 Å². The first kappa shape index (κ1) is 10.3. The van der Waals surface area contributed by atoms with Gasteiger partial charge < -0.3 is 15.3 Å². The molecule has 2 rings (SSSR count). The number of halogens is 1. The number of hydrogen-bond acceptors (Lipinski definition) is 4. The number of nitrogens with two attached hydrogens (primary N) is 1. The molecule has 0 amide bonds. The van der Waals surface area contributed by atoms with Gasteiger partial charge in [-0.25, -0.2) is 4.98 Å². The zero-order chi connectivity index (χ0) is 10.8. The lowest BCUT2D eigenvalue weighted by atomic mass is 10.3. The van der Waals surface area contributed by atoms with Crippen LogP contribution in [0.1, 0.15) is 12.3 Å². The maximum Gasteiger partial charge on any atom is 0.195 e. The molecule has 1 heterocycles. The molecular weight excluding hydrogens is 216 g/mol. The number of nitrogens with zero attached hydrogens (tertiary/aromatic N) is 1. The zero-order valence-electron chi connectivity index (χ0n) is 8.03. The molecule has 0 spiro atoms. The number of oxazole rings is 1. The highest BCUT2D eigenvalue weighted by Gasteiger charge is 2.07. The number of aliphatic hydroxyl groups is 1. The van der Waals surface area contributed by atoms with Crippen molar-refractivity contribution in [1.29, 1.82) is 0 Å². The Kier molecular flexibility index (Phi) is 2.79. The Balaban J connectivity index is 2.38. The van der Waals surface area contributed by atoms with E-state index in [1.54, 1.807) is 12.1 Å². The van der Waals surface area contributed by atoms with Gasteiger partial charge in [0.2, 0.25) is 0 Å². The van der Waals surface area contributed by atoms with Crippen molar-refractivity contribution in [2.75, 3.05) is 12.3 Å². The Bertz CT molecular complexity index is 442. The third-order valence-corrected chi connectivity index (χ3v) is 2.43. The normalized spacial score (nSPS) is 11.1. The molecule has 0 atom stereocenters. The van der Waals surface area contributed by atoms with Gasteiger partial charge in [0.05, 0.1) is 10.7 Å². The molecule has 0 aliphatic carbocycles. The standard InChI is InChI=1S/C10H11ClN2O2/c11-6-4-8-9(5-7(6)12)15-10(13-8)2-1-3-14/h4-5,14H,1-3,12H2. The van der Waals surface area contributed by atoms with E-state index in [-0.39, 0.29) is 6.61 Å². The van der Waals surface area contributed by atoms with Crippen LogP contribution in [-0.4, -0.2) is 16.7 Å². The Morgan fingerprint density at radius 3 is 3.00 bits per heavy atom. The molecule has 3 N–H and O–H groups in total. The zero-order valence-corrected chi connectivity index (χ0v) is 8.79. The first-order chi connectivity index (χ1) is 7.20. The van der Waals surface area contributed by atoms with Crippen LogP contribution in [0.4, 0.5) is 5.69 Å². The van der Waals surface area contributed by atoms with Gasteiger partial charge in [0.25, 0.3) is 0 Å². The van der Waals surface area contributed by atoms with Gasteiger partial charge in [0.15, 0.2) is 11.5 Å². The lowest BCUT2D eigenvalue weighted by molar-refractivity contribution is 0.284. The molecule has 0 saturated heterocycles. The SMILES string of the molecule is Nc1cc2oc(CCCO)nc2cc1Cl. The maximum atomic E-state index is 8.68. The van der Waals surface area contributed by atoms with E-state index in [0.717, 1.165) is 0 Å². The average molecular weight is 227 g/mol. The molecule has 1 aromatic heterocycles. The van der Waals surface area contributed by atoms with Gasteiger partial charge in [0, 0.05) is 19.1 Å². The summed E-state index contributed by atoms with van der Waals surface area (Å²) < 4.78 is 5.45. The van der Waals surface area contributed by atoms with Gasteiger partial charge in [-0.2, -0.15) is 0 Å². The van der Waals surface area contributed by atoms with Crippen molar-refractivity contribution in [2.45, 2.75) is 12.8 Å². The number of anilines is 1. The highest BCUT2D eigenvalue weighted by Crippen LogP contribution is 2.26. The second-order valence-electron chi connectivity index (χ2n) is 3.28. The first-order valence-corrected chi connectivity index (χ1v) is 5.04. The van der Waals surface area contributed by atoms with Crippen LogP contribution in [0, 0.1) is 0 Å². The molecule has 0 saturated carbocycles. The fourth-order valence-corrected chi connectivity index (χ4v) is 1.51. The van der Waals surface area contributed by atoms with Crippen molar-refractivity contribution in [3.05, 3.63) is 23.0 Å². The minimum Gasteiger partial charge on any atom is -0.441 e. The molecule has 2 aromatic rings. The average Bonchev–Trinajstić information content (AvgIpc) is 2.58. The van der Waals surface area contributed by atoms with Crippen LogP contribution in [0.15, 0.2) is 16.5 Å². The summed E-state index contributed by atoms with van der Waals surface area (Å²) in [4.78, 5) is 4.23. The van der Waals surface area contributed by atoms with Gasteiger partial charge in [-0.3, -0.25) is 0 Å². The van der Waals surface area contributed by atoms with E-state index in [2.05, 4.69) is 4.98 Å². The predicted molar refractivity (Wildman–Crippen MR) is 58.8 cm³/mol. The Labute approximate surface area is 91.7 Å². The summed E-state index contributed by atoms with van der Waals surface area (Å²) in [7, 11) is 0. The summed E-state index contributed by atoms with van der Waals surface area (Å²) in [5.74, 6) is 0.598. The molecular formula is C10H11ClN2O2. The molecule has 15 heavy (non-hydrogen) atoms. The van der Waals surface area contributed by atoms with Crippen molar-refractivity contribution >= 4 is 28.4 Å². The van der Waals surface area contributed by atoms with Crippen LogP contribution in [0.5, 0.6) is 0 Å². The Morgan fingerprint density at radius 1 is 1.47 bits per heavy atom. The molecule has 0 radical (unpaired) electrons. The van der Waals surface area contributed by atoms with Crippen molar-refractivity contribution in [2.24, 2.45) is 0 Å². The van der Waals surface area contributed by atoms with E-state index in [1.807, 2.05) is 0 Å². The molecule has 80 valence electrons. The van der Waals surface area contributed by atoms with E-state index >= 15 is 0 Å². The number of aromatic nitrogens is 1. The third-order valence-electron chi connectivity index (χ3n) is 2.10. The summed E-state index contributed by atoms with van der Waals surface area (Å²) in [6.07, 6.45) is 1.25. The Morgan fingerprint density at radius 2 is 2.27 bits per heavy atom. The smallest absolute Gasteiger partial charge is 0.195 e. The van der Waals surface area contributed by atoms with Gasteiger partial charge in [0.1, 0.15) is 5.52 Å². The molecule has 1 aromatic carbocycles. The fraction of sp³-hybridized carbons (Fsp3) is 0.300. The number of benzene rings is 1.